The van der Waals surface area contributed by atoms with E-state index in [0.717, 1.165) is 35.0 Å². The third-order valence-corrected chi connectivity index (χ3v) is 3.26. The maximum Gasteiger partial charge on any atom is 0.166 e. The van der Waals surface area contributed by atoms with Gasteiger partial charge in [-0.15, -0.1) is 0 Å². The van der Waals surface area contributed by atoms with Gasteiger partial charge in [0.2, 0.25) is 0 Å². The summed E-state index contributed by atoms with van der Waals surface area (Å²) >= 11 is 1.76. The van der Waals surface area contributed by atoms with E-state index in [4.69, 9.17) is 0 Å². The van der Waals surface area contributed by atoms with E-state index >= 15 is 0 Å². The molecule has 0 aliphatic heterocycles. The monoisotopic (exact) mass is 235 g/mol. The van der Waals surface area contributed by atoms with Crippen molar-refractivity contribution in [2.45, 2.75) is 19.0 Å². The van der Waals surface area contributed by atoms with Gasteiger partial charge in [0.25, 0.3) is 0 Å². The lowest BCUT2D eigenvalue weighted by Crippen LogP contribution is -2.15. The smallest absolute Gasteiger partial charge is 0.166 e. The van der Waals surface area contributed by atoms with Crippen molar-refractivity contribution >= 4 is 22.8 Å². The summed E-state index contributed by atoms with van der Waals surface area (Å²) in [6.45, 7) is 6.27. The van der Waals surface area contributed by atoms with Gasteiger partial charge < -0.3 is 10.3 Å². The molecular formula is C12H17N3S. The van der Waals surface area contributed by atoms with E-state index in [9.17, 15) is 0 Å². The summed E-state index contributed by atoms with van der Waals surface area (Å²) in [4.78, 5) is 7.87. The molecule has 0 spiro atoms. The molecule has 2 N–H and O–H groups in total. The van der Waals surface area contributed by atoms with Gasteiger partial charge in [0.1, 0.15) is 0 Å². The molecule has 86 valence electrons. The standard InChI is InChI=1S/C12H17N3S/c1-3-13-6-7-16-12-14-10-5-4-9(2)8-11(10)15-12/h4-5,8,13H,3,6-7H2,1-2H3,(H,14,15). The quantitative estimate of drug-likeness (QED) is 0.618. The van der Waals surface area contributed by atoms with Gasteiger partial charge >= 0.3 is 0 Å². The molecular weight excluding hydrogens is 218 g/mol. The van der Waals surface area contributed by atoms with Crippen LogP contribution in [0, 0.1) is 6.92 Å². The summed E-state index contributed by atoms with van der Waals surface area (Å²) in [7, 11) is 0. The minimum atomic E-state index is 1.01. The number of nitrogens with zero attached hydrogens (tertiary/aromatic N) is 1. The first-order valence-electron chi connectivity index (χ1n) is 5.59. The zero-order valence-electron chi connectivity index (χ0n) is 9.71. The van der Waals surface area contributed by atoms with Gasteiger partial charge in [-0.3, -0.25) is 0 Å². The van der Waals surface area contributed by atoms with E-state index in [1.165, 1.54) is 5.56 Å². The molecule has 4 heteroatoms. The van der Waals surface area contributed by atoms with Crippen molar-refractivity contribution in [3.63, 3.8) is 0 Å². The summed E-state index contributed by atoms with van der Waals surface area (Å²) in [5.41, 5.74) is 3.45. The average Bonchev–Trinajstić information content (AvgIpc) is 2.66. The third-order valence-electron chi connectivity index (χ3n) is 2.38. The normalized spacial score (nSPS) is 11.1. The first kappa shape index (κ1) is 11.5. The first-order valence-corrected chi connectivity index (χ1v) is 6.58. The molecule has 0 fully saturated rings. The van der Waals surface area contributed by atoms with E-state index in [2.05, 4.69) is 47.3 Å². The molecule has 0 radical (unpaired) electrons. The molecule has 0 unspecified atom stereocenters. The Bertz CT molecular complexity index is 464. The largest absolute Gasteiger partial charge is 0.333 e. The number of aryl methyl sites for hydroxylation is 1. The van der Waals surface area contributed by atoms with Gasteiger partial charge in [-0.05, 0) is 31.2 Å². The Morgan fingerprint density at radius 2 is 2.31 bits per heavy atom. The summed E-state index contributed by atoms with van der Waals surface area (Å²) < 4.78 is 0. The molecule has 0 saturated heterocycles. The molecule has 3 nitrogen and oxygen atoms in total. The van der Waals surface area contributed by atoms with E-state index in [1.54, 1.807) is 11.8 Å². The summed E-state index contributed by atoms with van der Waals surface area (Å²) in [5, 5.41) is 4.31. The van der Waals surface area contributed by atoms with Gasteiger partial charge in [0.15, 0.2) is 5.16 Å². The van der Waals surface area contributed by atoms with Crippen LogP contribution in [0.1, 0.15) is 12.5 Å². The summed E-state index contributed by atoms with van der Waals surface area (Å²) in [5.74, 6) is 1.05. The molecule has 2 aromatic rings. The third kappa shape index (κ3) is 2.77. The highest BCUT2D eigenvalue weighted by Crippen LogP contribution is 2.19. The number of nitrogens with one attached hydrogen (secondary N) is 2. The van der Waals surface area contributed by atoms with Crippen LogP contribution in [0.25, 0.3) is 11.0 Å². The second-order valence-corrected chi connectivity index (χ2v) is 4.85. The highest BCUT2D eigenvalue weighted by atomic mass is 32.2. The number of thioether (sulfide) groups is 1. The highest BCUT2D eigenvalue weighted by Gasteiger charge is 2.02. The van der Waals surface area contributed by atoms with Crippen LogP contribution in [0.15, 0.2) is 23.4 Å². The lowest BCUT2D eigenvalue weighted by Gasteiger charge is -1.98. The number of fused-ring (bicyclic) bond motifs is 1. The number of rotatable bonds is 5. The molecule has 0 atom stereocenters. The number of H-pyrrole nitrogens is 1. The molecule has 0 amide bonds. The number of imidazole rings is 1. The van der Waals surface area contributed by atoms with Gasteiger partial charge in [0, 0.05) is 12.3 Å². The minimum absolute atomic E-state index is 1.01. The Morgan fingerprint density at radius 3 is 3.12 bits per heavy atom. The highest BCUT2D eigenvalue weighted by molar-refractivity contribution is 7.99. The van der Waals surface area contributed by atoms with E-state index in [1.807, 2.05) is 0 Å². The zero-order valence-corrected chi connectivity index (χ0v) is 10.5. The lowest BCUT2D eigenvalue weighted by molar-refractivity contribution is 0.767. The van der Waals surface area contributed by atoms with E-state index < -0.39 is 0 Å². The fraction of sp³-hybridized carbons (Fsp3) is 0.417. The van der Waals surface area contributed by atoms with Crippen LogP contribution < -0.4 is 5.32 Å². The molecule has 0 aliphatic carbocycles. The summed E-state index contributed by atoms with van der Waals surface area (Å²) in [6, 6.07) is 6.29. The Balaban J connectivity index is 2.02. The minimum Gasteiger partial charge on any atom is -0.333 e. The van der Waals surface area contributed by atoms with Crippen LogP contribution in [-0.4, -0.2) is 28.8 Å². The van der Waals surface area contributed by atoms with Crippen molar-refractivity contribution in [2.75, 3.05) is 18.8 Å². The van der Waals surface area contributed by atoms with Crippen molar-refractivity contribution in [1.29, 1.82) is 0 Å². The lowest BCUT2D eigenvalue weighted by atomic mass is 10.2. The SMILES string of the molecule is CCNCCSc1nc2ccc(C)cc2[nH]1. The number of hydrogen-bond donors (Lipinski definition) is 2. The number of aromatic nitrogens is 2. The van der Waals surface area contributed by atoms with Gasteiger partial charge in [0.05, 0.1) is 11.0 Å². The van der Waals surface area contributed by atoms with Crippen molar-refractivity contribution in [1.82, 2.24) is 15.3 Å². The molecule has 0 saturated carbocycles. The van der Waals surface area contributed by atoms with E-state index in [-0.39, 0.29) is 0 Å². The topological polar surface area (TPSA) is 40.7 Å². The maximum atomic E-state index is 4.53. The number of benzene rings is 1. The summed E-state index contributed by atoms with van der Waals surface area (Å²) in [6.07, 6.45) is 0. The van der Waals surface area contributed by atoms with Crippen LogP contribution in [0.5, 0.6) is 0 Å². The first-order chi connectivity index (χ1) is 7.79. The molecule has 1 heterocycles. The predicted molar refractivity (Wildman–Crippen MR) is 70.1 cm³/mol. The van der Waals surface area contributed by atoms with Crippen molar-refractivity contribution < 1.29 is 0 Å². The molecule has 1 aromatic carbocycles. The van der Waals surface area contributed by atoms with Crippen LogP contribution in [-0.2, 0) is 0 Å². The maximum absolute atomic E-state index is 4.53. The molecule has 0 bridgehead atoms. The van der Waals surface area contributed by atoms with Crippen LogP contribution >= 0.6 is 11.8 Å². The number of hydrogen-bond acceptors (Lipinski definition) is 3. The Kier molecular flexibility index (Phi) is 3.85. The Hall–Kier alpha value is -1.00. The van der Waals surface area contributed by atoms with Gasteiger partial charge in [-0.2, -0.15) is 0 Å². The molecule has 16 heavy (non-hydrogen) atoms. The second kappa shape index (κ2) is 5.37. The second-order valence-electron chi connectivity index (χ2n) is 3.76. The van der Waals surface area contributed by atoms with Crippen molar-refractivity contribution in [3.05, 3.63) is 23.8 Å². The Morgan fingerprint density at radius 1 is 1.44 bits per heavy atom. The molecule has 1 aromatic heterocycles. The van der Waals surface area contributed by atoms with Gasteiger partial charge in [-0.1, -0.05) is 24.8 Å². The average molecular weight is 235 g/mol. The fourth-order valence-electron chi connectivity index (χ4n) is 1.57. The van der Waals surface area contributed by atoms with Gasteiger partial charge in [-0.25, -0.2) is 4.98 Å². The molecule has 2 rings (SSSR count). The van der Waals surface area contributed by atoms with Crippen LogP contribution in [0.4, 0.5) is 0 Å². The molecule has 0 aliphatic rings. The Labute approximate surface area is 100 Å². The van der Waals surface area contributed by atoms with Crippen LogP contribution in [0.2, 0.25) is 0 Å². The van der Waals surface area contributed by atoms with Crippen molar-refractivity contribution in [3.8, 4) is 0 Å². The van der Waals surface area contributed by atoms with Crippen molar-refractivity contribution in [2.24, 2.45) is 0 Å². The zero-order chi connectivity index (χ0) is 11.4. The van der Waals surface area contributed by atoms with Crippen LogP contribution in [0.3, 0.4) is 0 Å². The fourth-order valence-corrected chi connectivity index (χ4v) is 2.35. The van der Waals surface area contributed by atoms with E-state index in [0.29, 0.717) is 0 Å². The number of aromatic amines is 1. The predicted octanol–water partition coefficient (Wildman–Crippen LogP) is 2.57.